The number of carbonyl (C=O) groups is 1. The van der Waals surface area contributed by atoms with Crippen molar-refractivity contribution in [3.63, 3.8) is 0 Å². The Morgan fingerprint density at radius 2 is 1.96 bits per heavy atom. The van der Waals surface area contributed by atoms with Crippen molar-refractivity contribution in [3.8, 4) is 0 Å². The van der Waals surface area contributed by atoms with Crippen molar-refractivity contribution in [3.05, 3.63) is 41.7 Å². The monoisotopic (exact) mass is 328 g/mol. The van der Waals surface area contributed by atoms with Gasteiger partial charge in [0, 0.05) is 25.3 Å². The van der Waals surface area contributed by atoms with Crippen LogP contribution in [0, 0.1) is 6.92 Å². The van der Waals surface area contributed by atoms with Crippen LogP contribution in [0.4, 0.5) is 17.3 Å². The Balaban J connectivity index is 2.14. The van der Waals surface area contributed by atoms with E-state index in [1.165, 1.54) is 7.11 Å². The normalized spacial score (nSPS) is 10.3. The van der Waals surface area contributed by atoms with Gasteiger partial charge in [0.15, 0.2) is 0 Å². The second-order valence-electron chi connectivity index (χ2n) is 5.63. The molecule has 0 fully saturated rings. The van der Waals surface area contributed by atoms with Gasteiger partial charge in [0.05, 0.1) is 12.7 Å². The Labute approximate surface area is 142 Å². The molecular weight excluding hydrogens is 304 g/mol. The van der Waals surface area contributed by atoms with Gasteiger partial charge < -0.3 is 15.0 Å². The lowest BCUT2D eigenvalue weighted by molar-refractivity contribution is 0.0601. The summed E-state index contributed by atoms with van der Waals surface area (Å²) in [5.41, 5.74) is 1.37. The van der Waals surface area contributed by atoms with Gasteiger partial charge in [-0.25, -0.2) is 14.8 Å². The van der Waals surface area contributed by atoms with Gasteiger partial charge in [-0.2, -0.15) is 0 Å². The van der Waals surface area contributed by atoms with Gasteiger partial charge in [0.25, 0.3) is 0 Å². The maximum absolute atomic E-state index is 11.5. The first kappa shape index (κ1) is 17.7. The molecule has 2 rings (SSSR count). The fourth-order valence-corrected chi connectivity index (χ4v) is 2.28. The number of methoxy groups -OCH3 is 1. The number of unbranched alkanes of at least 4 members (excludes halogenated alkanes) is 1. The predicted molar refractivity (Wildman–Crippen MR) is 96.0 cm³/mol. The zero-order valence-corrected chi connectivity index (χ0v) is 14.7. The summed E-state index contributed by atoms with van der Waals surface area (Å²) in [6.45, 7) is 5.01. The molecule has 6 heteroatoms. The standard InChI is InChI=1S/C18H24N4O2/c1-5-6-11-22(3)17-12-16(19-13(2)20-17)21-15-9-7-14(8-10-15)18(23)24-4/h7-10,12H,5-6,11H2,1-4H3,(H,19,20,21). The summed E-state index contributed by atoms with van der Waals surface area (Å²) in [6.07, 6.45) is 2.27. The van der Waals surface area contributed by atoms with Gasteiger partial charge >= 0.3 is 5.97 Å². The molecule has 0 saturated heterocycles. The van der Waals surface area contributed by atoms with Gasteiger partial charge in [-0.3, -0.25) is 0 Å². The van der Waals surface area contributed by atoms with Crippen LogP contribution in [0.25, 0.3) is 0 Å². The molecule has 0 atom stereocenters. The van der Waals surface area contributed by atoms with E-state index in [2.05, 4.69) is 27.1 Å². The molecule has 1 aromatic heterocycles. The number of rotatable bonds is 7. The fraction of sp³-hybridized carbons (Fsp3) is 0.389. The smallest absolute Gasteiger partial charge is 0.337 e. The second kappa shape index (κ2) is 8.29. The first-order chi connectivity index (χ1) is 11.5. The molecule has 0 saturated carbocycles. The number of anilines is 3. The molecule has 0 spiro atoms. The van der Waals surface area contributed by atoms with Crippen LogP contribution in [0.2, 0.25) is 0 Å². The Kier molecular flexibility index (Phi) is 6.12. The lowest BCUT2D eigenvalue weighted by Crippen LogP contribution is -2.20. The number of hydrogen-bond donors (Lipinski definition) is 1. The maximum atomic E-state index is 11.5. The second-order valence-corrected chi connectivity index (χ2v) is 5.63. The summed E-state index contributed by atoms with van der Waals surface area (Å²) in [5, 5.41) is 3.25. The molecule has 6 nitrogen and oxygen atoms in total. The molecule has 24 heavy (non-hydrogen) atoms. The van der Waals surface area contributed by atoms with E-state index in [4.69, 9.17) is 4.74 Å². The molecule has 0 aliphatic carbocycles. The van der Waals surface area contributed by atoms with E-state index in [0.29, 0.717) is 11.4 Å². The number of carbonyl (C=O) groups excluding carboxylic acids is 1. The zero-order chi connectivity index (χ0) is 17.5. The minimum atomic E-state index is -0.348. The highest BCUT2D eigenvalue weighted by molar-refractivity contribution is 5.89. The molecule has 1 heterocycles. The van der Waals surface area contributed by atoms with Crippen LogP contribution in [-0.2, 0) is 4.74 Å². The SMILES string of the molecule is CCCCN(C)c1cc(Nc2ccc(C(=O)OC)cc2)nc(C)n1. The number of hydrogen-bond acceptors (Lipinski definition) is 6. The Morgan fingerprint density at radius 3 is 2.58 bits per heavy atom. The van der Waals surface area contributed by atoms with Crippen LogP contribution < -0.4 is 10.2 Å². The number of aromatic nitrogens is 2. The van der Waals surface area contributed by atoms with Crippen LogP contribution in [0.15, 0.2) is 30.3 Å². The van der Waals surface area contributed by atoms with Gasteiger partial charge in [-0.1, -0.05) is 13.3 Å². The first-order valence-corrected chi connectivity index (χ1v) is 8.05. The summed E-state index contributed by atoms with van der Waals surface area (Å²) in [6, 6.07) is 9.01. The van der Waals surface area contributed by atoms with Crippen LogP contribution in [-0.4, -0.2) is 36.6 Å². The molecular formula is C18H24N4O2. The summed E-state index contributed by atoms with van der Waals surface area (Å²) in [5.74, 6) is 1.99. The number of ether oxygens (including phenoxy) is 1. The van der Waals surface area contributed by atoms with Crippen LogP contribution in [0.1, 0.15) is 35.9 Å². The minimum absolute atomic E-state index is 0.348. The Morgan fingerprint density at radius 1 is 1.25 bits per heavy atom. The Hall–Kier alpha value is -2.63. The fourth-order valence-electron chi connectivity index (χ4n) is 2.28. The first-order valence-electron chi connectivity index (χ1n) is 8.05. The van der Waals surface area contributed by atoms with Crippen LogP contribution in [0.3, 0.4) is 0 Å². The zero-order valence-electron chi connectivity index (χ0n) is 14.7. The number of nitrogens with zero attached hydrogens (tertiary/aromatic N) is 3. The average molecular weight is 328 g/mol. The van der Waals surface area contributed by atoms with E-state index in [0.717, 1.165) is 36.7 Å². The lowest BCUT2D eigenvalue weighted by atomic mass is 10.2. The van der Waals surface area contributed by atoms with E-state index in [1.54, 1.807) is 12.1 Å². The molecule has 0 amide bonds. The third-order valence-corrected chi connectivity index (χ3v) is 3.64. The highest BCUT2D eigenvalue weighted by Gasteiger charge is 2.08. The Bertz CT molecular complexity index is 686. The molecule has 2 aromatic rings. The van der Waals surface area contributed by atoms with E-state index in [-0.39, 0.29) is 5.97 Å². The van der Waals surface area contributed by atoms with Crippen molar-refractivity contribution in [2.45, 2.75) is 26.7 Å². The quantitative estimate of drug-likeness (QED) is 0.784. The maximum Gasteiger partial charge on any atom is 0.337 e. The van der Waals surface area contributed by atoms with Gasteiger partial charge in [0.1, 0.15) is 17.5 Å². The molecule has 0 aliphatic rings. The van der Waals surface area contributed by atoms with Crippen molar-refractivity contribution in [1.82, 2.24) is 9.97 Å². The highest BCUT2D eigenvalue weighted by Crippen LogP contribution is 2.20. The van der Waals surface area contributed by atoms with Crippen molar-refractivity contribution >= 4 is 23.3 Å². The van der Waals surface area contributed by atoms with Crippen molar-refractivity contribution in [2.75, 3.05) is 30.9 Å². The third-order valence-electron chi connectivity index (χ3n) is 3.64. The topological polar surface area (TPSA) is 67.4 Å². The van der Waals surface area contributed by atoms with Crippen LogP contribution >= 0.6 is 0 Å². The van der Waals surface area contributed by atoms with E-state index < -0.39 is 0 Å². The number of nitrogens with one attached hydrogen (secondary N) is 1. The van der Waals surface area contributed by atoms with Crippen molar-refractivity contribution in [2.24, 2.45) is 0 Å². The molecule has 0 bridgehead atoms. The molecule has 0 unspecified atom stereocenters. The summed E-state index contributed by atoms with van der Waals surface area (Å²) >= 11 is 0. The number of aryl methyl sites for hydroxylation is 1. The highest BCUT2D eigenvalue weighted by atomic mass is 16.5. The molecule has 1 aromatic carbocycles. The van der Waals surface area contributed by atoms with E-state index in [1.807, 2.05) is 32.2 Å². The van der Waals surface area contributed by atoms with Gasteiger partial charge in [-0.15, -0.1) is 0 Å². The summed E-state index contributed by atoms with van der Waals surface area (Å²) in [4.78, 5) is 22.5. The van der Waals surface area contributed by atoms with E-state index >= 15 is 0 Å². The third kappa shape index (κ3) is 4.68. The van der Waals surface area contributed by atoms with E-state index in [9.17, 15) is 4.79 Å². The minimum Gasteiger partial charge on any atom is -0.465 e. The molecule has 0 radical (unpaired) electrons. The molecule has 128 valence electrons. The number of esters is 1. The average Bonchev–Trinajstić information content (AvgIpc) is 2.59. The number of benzene rings is 1. The summed E-state index contributed by atoms with van der Waals surface area (Å²) in [7, 11) is 3.40. The largest absolute Gasteiger partial charge is 0.465 e. The van der Waals surface area contributed by atoms with Gasteiger partial charge in [-0.05, 0) is 37.6 Å². The van der Waals surface area contributed by atoms with Crippen molar-refractivity contribution < 1.29 is 9.53 Å². The molecule has 1 N–H and O–H groups in total. The molecule has 0 aliphatic heterocycles. The predicted octanol–water partition coefficient (Wildman–Crippen LogP) is 3.55. The lowest BCUT2D eigenvalue weighted by Gasteiger charge is -2.19. The van der Waals surface area contributed by atoms with Crippen molar-refractivity contribution in [1.29, 1.82) is 0 Å². The summed E-state index contributed by atoms with van der Waals surface area (Å²) < 4.78 is 4.70. The van der Waals surface area contributed by atoms with Crippen LogP contribution in [0.5, 0.6) is 0 Å². The van der Waals surface area contributed by atoms with Gasteiger partial charge in [0.2, 0.25) is 0 Å².